The lowest BCUT2D eigenvalue weighted by Gasteiger charge is -2.35. The third-order valence-corrected chi connectivity index (χ3v) is 5.52. The van der Waals surface area contributed by atoms with E-state index in [0.717, 1.165) is 30.4 Å². The van der Waals surface area contributed by atoms with Crippen LogP contribution in [-0.4, -0.2) is 33.6 Å². The normalized spacial score (nSPS) is 26.4. The molecule has 4 rings (SSSR count). The van der Waals surface area contributed by atoms with Crippen molar-refractivity contribution in [2.24, 2.45) is 0 Å². The van der Waals surface area contributed by atoms with E-state index in [1.165, 1.54) is 19.4 Å². The van der Waals surface area contributed by atoms with Crippen molar-refractivity contribution in [1.29, 1.82) is 0 Å². The lowest BCUT2D eigenvalue weighted by atomic mass is 9.97. The van der Waals surface area contributed by atoms with Gasteiger partial charge in [-0.2, -0.15) is 0 Å². The first-order valence-corrected chi connectivity index (χ1v) is 8.29. The van der Waals surface area contributed by atoms with Crippen LogP contribution in [0.2, 0.25) is 0 Å². The molecule has 21 heavy (non-hydrogen) atoms. The predicted molar refractivity (Wildman–Crippen MR) is 84.7 cm³/mol. The standard InChI is InChI=1S/C15H18BrFN4/c16-11-7-13-14(8-12(11)17)21(15(18)19-13)10-3-5-20-4-1-2-9(20)6-10/h7-10H,1-6H2,(H2,18,19). The van der Waals surface area contributed by atoms with Crippen LogP contribution >= 0.6 is 15.9 Å². The van der Waals surface area contributed by atoms with Crippen molar-refractivity contribution in [3.63, 3.8) is 0 Å². The van der Waals surface area contributed by atoms with Gasteiger partial charge in [0.25, 0.3) is 0 Å². The highest BCUT2D eigenvalue weighted by molar-refractivity contribution is 9.10. The molecule has 0 spiro atoms. The summed E-state index contributed by atoms with van der Waals surface area (Å²) in [5.74, 6) is 0.237. The van der Waals surface area contributed by atoms with Gasteiger partial charge in [0.05, 0.1) is 15.5 Å². The molecule has 2 aromatic rings. The molecule has 0 bridgehead atoms. The molecule has 2 aliphatic rings. The molecule has 0 amide bonds. The first kappa shape index (κ1) is 13.5. The Labute approximate surface area is 131 Å². The molecule has 3 heterocycles. The maximum atomic E-state index is 13.9. The Morgan fingerprint density at radius 2 is 2.10 bits per heavy atom. The van der Waals surface area contributed by atoms with Gasteiger partial charge in [0.1, 0.15) is 5.82 Å². The van der Waals surface area contributed by atoms with Crippen molar-refractivity contribution in [3.8, 4) is 0 Å². The van der Waals surface area contributed by atoms with E-state index in [1.54, 1.807) is 12.1 Å². The van der Waals surface area contributed by atoms with Crippen LogP contribution in [0.4, 0.5) is 10.3 Å². The van der Waals surface area contributed by atoms with Crippen molar-refractivity contribution in [2.75, 3.05) is 18.8 Å². The molecule has 2 aliphatic heterocycles. The average Bonchev–Trinajstić information content (AvgIpc) is 3.02. The van der Waals surface area contributed by atoms with Gasteiger partial charge in [-0.3, -0.25) is 0 Å². The van der Waals surface area contributed by atoms with E-state index in [2.05, 4.69) is 25.8 Å². The zero-order valence-electron chi connectivity index (χ0n) is 11.7. The highest BCUT2D eigenvalue weighted by Crippen LogP contribution is 2.37. The number of piperidine rings is 1. The second-order valence-corrected chi connectivity index (χ2v) is 6.96. The van der Waals surface area contributed by atoms with Gasteiger partial charge in [0.2, 0.25) is 5.95 Å². The van der Waals surface area contributed by atoms with Crippen molar-refractivity contribution in [1.82, 2.24) is 14.5 Å². The van der Waals surface area contributed by atoms with Gasteiger partial charge >= 0.3 is 0 Å². The number of halogens is 2. The number of rotatable bonds is 1. The predicted octanol–water partition coefficient (Wildman–Crippen LogP) is 3.32. The van der Waals surface area contributed by atoms with Crippen LogP contribution < -0.4 is 5.73 Å². The molecule has 2 fully saturated rings. The molecule has 2 N–H and O–H groups in total. The number of imidazole rings is 1. The Kier molecular flexibility index (Phi) is 3.19. The first-order valence-electron chi connectivity index (χ1n) is 7.50. The Bertz CT molecular complexity index is 699. The molecule has 4 nitrogen and oxygen atoms in total. The highest BCUT2D eigenvalue weighted by Gasteiger charge is 2.33. The van der Waals surface area contributed by atoms with Crippen LogP contribution in [0, 0.1) is 5.82 Å². The summed E-state index contributed by atoms with van der Waals surface area (Å²) in [5, 5.41) is 0. The van der Waals surface area contributed by atoms with E-state index in [1.807, 2.05) is 4.57 Å². The summed E-state index contributed by atoms with van der Waals surface area (Å²) in [6, 6.07) is 4.24. The minimum Gasteiger partial charge on any atom is -0.369 e. The minimum absolute atomic E-state index is 0.262. The fourth-order valence-electron chi connectivity index (χ4n) is 3.93. The Morgan fingerprint density at radius 1 is 1.24 bits per heavy atom. The van der Waals surface area contributed by atoms with Crippen molar-refractivity contribution in [3.05, 3.63) is 22.4 Å². The summed E-state index contributed by atoms with van der Waals surface area (Å²) in [6.07, 6.45) is 4.71. The van der Waals surface area contributed by atoms with Gasteiger partial charge in [0, 0.05) is 24.7 Å². The molecule has 0 aliphatic carbocycles. The van der Waals surface area contributed by atoms with Crippen molar-refractivity contribution in [2.45, 2.75) is 37.8 Å². The van der Waals surface area contributed by atoms with Gasteiger partial charge in [-0.25, -0.2) is 9.37 Å². The minimum atomic E-state index is -0.262. The Hall–Kier alpha value is -1.14. The fraction of sp³-hybridized carbons (Fsp3) is 0.533. The van der Waals surface area contributed by atoms with Gasteiger partial charge in [-0.1, -0.05) is 0 Å². The molecule has 2 unspecified atom stereocenters. The Balaban J connectivity index is 1.75. The summed E-state index contributed by atoms with van der Waals surface area (Å²) >= 11 is 3.21. The second-order valence-electron chi connectivity index (χ2n) is 6.11. The lowest BCUT2D eigenvalue weighted by molar-refractivity contribution is 0.158. The first-order chi connectivity index (χ1) is 10.1. The number of anilines is 1. The number of nitrogens with zero attached hydrogens (tertiary/aromatic N) is 3. The maximum Gasteiger partial charge on any atom is 0.201 e. The van der Waals surface area contributed by atoms with Gasteiger partial charge < -0.3 is 15.2 Å². The average molecular weight is 353 g/mol. The topological polar surface area (TPSA) is 47.1 Å². The van der Waals surface area contributed by atoms with Crippen molar-refractivity contribution >= 4 is 32.9 Å². The summed E-state index contributed by atoms with van der Waals surface area (Å²) in [6.45, 7) is 2.33. The SMILES string of the molecule is Nc1nc2cc(Br)c(F)cc2n1C1CCN2CCCC2C1. The van der Waals surface area contributed by atoms with Crippen LogP contribution in [0.3, 0.4) is 0 Å². The smallest absolute Gasteiger partial charge is 0.201 e. The van der Waals surface area contributed by atoms with Gasteiger partial charge in [-0.15, -0.1) is 0 Å². The number of nitrogen functional groups attached to an aromatic ring is 1. The van der Waals surface area contributed by atoms with E-state index in [-0.39, 0.29) is 5.82 Å². The molecule has 112 valence electrons. The third kappa shape index (κ3) is 2.16. The molecular formula is C15H18BrFN4. The molecule has 2 atom stereocenters. The van der Waals surface area contributed by atoms with Crippen LogP contribution in [0.5, 0.6) is 0 Å². The quantitative estimate of drug-likeness (QED) is 0.856. The summed E-state index contributed by atoms with van der Waals surface area (Å²) in [7, 11) is 0. The zero-order chi connectivity index (χ0) is 14.6. The molecule has 2 saturated heterocycles. The van der Waals surface area contributed by atoms with E-state index in [9.17, 15) is 4.39 Å². The zero-order valence-corrected chi connectivity index (χ0v) is 13.3. The van der Waals surface area contributed by atoms with Crippen LogP contribution in [-0.2, 0) is 0 Å². The van der Waals surface area contributed by atoms with E-state index in [0.29, 0.717) is 22.5 Å². The number of benzene rings is 1. The molecular weight excluding hydrogens is 335 g/mol. The largest absolute Gasteiger partial charge is 0.369 e. The Morgan fingerprint density at radius 3 is 2.95 bits per heavy atom. The summed E-state index contributed by atoms with van der Waals surface area (Å²) in [5.41, 5.74) is 7.69. The maximum absolute atomic E-state index is 13.9. The van der Waals surface area contributed by atoms with Crippen LogP contribution in [0.25, 0.3) is 11.0 Å². The number of aromatic nitrogens is 2. The highest BCUT2D eigenvalue weighted by atomic mass is 79.9. The lowest BCUT2D eigenvalue weighted by Crippen LogP contribution is -2.38. The molecule has 0 saturated carbocycles. The number of hydrogen-bond donors (Lipinski definition) is 1. The summed E-state index contributed by atoms with van der Waals surface area (Å²) < 4.78 is 16.4. The van der Waals surface area contributed by atoms with Gasteiger partial charge in [-0.05, 0) is 54.2 Å². The van der Waals surface area contributed by atoms with E-state index < -0.39 is 0 Å². The molecule has 1 aromatic carbocycles. The summed E-state index contributed by atoms with van der Waals surface area (Å²) in [4.78, 5) is 6.98. The van der Waals surface area contributed by atoms with Gasteiger partial charge in [0.15, 0.2) is 0 Å². The van der Waals surface area contributed by atoms with E-state index in [4.69, 9.17) is 5.73 Å². The second kappa shape index (κ2) is 4.95. The van der Waals surface area contributed by atoms with E-state index >= 15 is 0 Å². The van der Waals surface area contributed by atoms with Crippen LogP contribution in [0.15, 0.2) is 16.6 Å². The monoisotopic (exact) mass is 352 g/mol. The third-order valence-electron chi connectivity index (χ3n) is 4.92. The number of fused-ring (bicyclic) bond motifs is 2. The molecule has 1 aromatic heterocycles. The van der Waals surface area contributed by atoms with Crippen molar-refractivity contribution < 1.29 is 4.39 Å². The molecule has 0 radical (unpaired) electrons. The fourth-order valence-corrected chi connectivity index (χ4v) is 4.26. The molecule has 6 heteroatoms. The van der Waals surface area contributed by atoms with Crippen LogP contribution in [0.1, 0.15) is 31.7 Å². The number of nitrogens with two attached hydrogens (primary N) is 1. The number of hydrogen-bond acceptors (Lipinski definition) is 3.